The van der Waals surface area contributed by atoms with E-state index < -0.39 is 6.04 Å². The molecule has 0 spiro atoms. The Labute approximate surface area is 271 Å². The second kappa shape index (κ2) is 14.3. The molecule has 2 aromatic carbocycles. The lowest BCUT2D eigenvalue weighted by Gasteiger charge is -2.42. The van der Waals surface area contributed by atoms with Crippen molar-refractivity contribution in [1.82, 2.24) is 24.9 Å². The van der Waals surface area contributed by atoms with Crippen LogP contribution in [0.15, 0.2) is 36.4 Å². The summed E-state index contributed by atoms with van der Waals surface area (Å²) in [5, 5.41) is 16.5. The normalized spacial score (nSPS) is 20.9. The first-order valence-corrected chi connectivity index (χ1v) is 16.9. The van der Waals surface area contributed by atoms with Gasteiger partial charge in [0.25, 0.3) is 0 Å². The van der Waals surface area contributed by atoms with Crippen molar-refractivity contribution in [3.63, 3.8) is 0 Å². The number of urea groups is 2. The van der Waals surface area contributed by atoms with E-state index in [-0.39, 0.29) is 29.8 Å². The lowest BCUT2D eigenvalue weighted by molar-refractivity contribution is -0.135. The van der Waals surface area contributed by atoms with Gasteiger partial charge in [0.2, 0.25) is 5.91 Å². The summed E-state index contributed by atoms with van der Waals surface area (Å²) < 4.78 is 5.54. The number of phenols is 1. The zero-order chi connectivity index (χ0) is 32.2. The number of aromatic hydroxyl groups is 1. The van der Waals surface area contributed by atoms with Gasteiger partial charge in [0.05, 0.1) is 0 Å². The fraction of sp³-hybridized carbons (Fsp3) is 0.571. The van der Waals surface area contributed by atoms with Gasteiger partial charge >= 0.3 is 12.1 Å². The van der Waals surface area contributed by atoms with Crippen LogP contribution in [0, 0.1) is 13.8 Å². The topological polar surface area (TPSA) is 118 Å². The Hall–Kier alpha value is -3.83. The van der Waals surface area contributed by atoms with E-state index in [0.29, 0.717) is 58.0 Å². The number of carbonyl (C=O) groups is 3. The fourth-order valence-corrected chi connectivity index (χ4v) is 7.54. The largest absolute Gasteiger partial charge is 0.507 e. The lowest BCUT2D eigenvalue weighted by Crippen LogP contribution is -2.59. The standard InChI is InChI=1S/C35H48N6O5/c1-24-21-26(22-25(2)32(24)42)23-31(33(43)39-17-15-38(16-18-39)28-10-19-46-20-11-28)37-34(44)40-12-8-29(9-13-40)41-14-7-27-5-3-4-6-30(27)36-35(41)45/h3-6,21-22,28-29,31,42H,7-20,23H2,1-2H3,(H,36,45)(H,37,44)/t31-/m1/s1. The Kier molecular flexibility index (Phi) is 9.98. The molecule has 4 aliphatic heterocycles. The number of piperazine rings is 1. The number of benzene rings is 2. The van der Waals surface area contributed by atoms with Crippen LogP contribution >= 0.6 is 0 Å². The van der Waals surface area contributed by atoms with Crippen LogP contribution < -0.4 is 10.6 Å². The van der Waals surface area contributed by atoms with E-state index in [1.165, 1.54) is 0 Å². The van der Waals surface area contributed by atoms with Crippen LogP contribution in [-0.4, -0.2) is 120 Å². The Balaban J connectivity index is 1.09. The summed E-state index contributed by atoms with van der Waals surface area (Å²) >= 11 is 0. The van der Waals surface area contributed by atoms with E-state index >= 15 is 0 Å². The summed E-state index contributed by atoms with van der Waals surface area (Å²) in [4.78, 5) is 48.8. The third kappa shape index (κ3) is 7.25. The predicted octanol–water partition coefficient (Wildman–Crippen LogP) is 3.51. The maximum atomic E-state index is 14.0. The molecular weight excluding hydrogens is 584 g/mol. The molecule has 1 atom stereocenters. The molecule has 6 rings (SSSR count). The van der Waals surface area contributed by atoms with Crippen molar-refractivity contribution in [2.75, 3.05) is 64.3 Å². The van der Waals surface area contributed by atoms with Gasteiger partial charge in [-0.05, 0) is 74.3 Å². The molecular formula is C35H48N6O5. The van der Waals surface area contributed by atoms with Gasteiger partial charge in [-0.1, -0.05) is 30.3 Å². The quantitative estimate of drug-likeness (QED) is 0.449. The van der Waals surface area contributed by atoms with Gasteiger partial charge < -0.3 is 35.2 Å². The van der Waals surface area contributed by atoms with E-state index in [1.54, 1.807) is 4.90 Å². The molecule has 0 bridgehead atoms. The molecule has 0 aliphatic carbocycles. The monoisotopic (exact) mass is 632 g/mol. The fourth-order valence-electron chi connectivity index (χ4n) is 7.54. The van der Waals surface area contributed by atoms with Crippen LogP contribution in [0.25, 0.3) is 0 Å². The number of nitrogens with one attached hydrogen (secondary N) is 2. The van der Waals surface area contributed by atoms with Gasteiger partial charge in [0.15, 0.2) is 0 Å². The van der Waals surface area contributed by atoms with Gasteiger partial charge in [0, 0.05) is 83.2 Å². The lowest BCUT2D eigenvalue weighted by atomic mass is 9.99. The molecule has 0 saturated carbocycles. The van der Waals surface area contributed by atoms with Crippen molar-refractivity contribution in [1.29, 1.82) is 0 Å². The minimum atomic E-state index is -0.724. The van der Waals surface area contributed by atoms with Crippen LogP contribution in [0.4, 0.5) is 15.3 Å². The molecule has 248 valence electrons. The van der Waals surface area contributed by atoms with Crippen molar-refractivity contribution in [2.45, 2.75) is 70.5 Å². The summed E-state index contributed by atoms with van der Waals surface area (Å²) in [5.41, 5.74) is 4.40. The molecule has 2 aromatic rings. The summed E-state index contributed by atoms with van der Waals surface area (Å²) in [6.45, 7) is 9.84. The number of phenolic OH excluding ortho intramolecular Hbond substituents is 1. The highest BCUT2D eigenvalue weighted by atomic mass is 16.5. The Morgan fingerprint density at radius 1 is 0.913 bits per heavy atom. The third-order valence-electron chi connectivity index (χ3n) is 10.3. The Morgan fingerprint density at radius 3 is 2.28 bits per heavy atom. The summed E-state index contributed by atoms with van der Waals surface area (Å²) in [6.07, 6.45) is 4.55. The van der Waals surface area contributed by atoms with Crippen molar-refractivity contribution >= 4 is 23.7 Å². The van der Waals surface area contributed by atoms with Crippen LogP contribution in [0.3, 0.4) is 0 Å². The van der Waals surface area contributed by atoms with E-state index in [0.717, 1.165) is 73.5 Å². The smallest absolute Gasteiger partial charge is 0.322 e. The van der Waals surface area contributed by atoms with Crippen molar-refractivity contribution in [3.05, 3.63) is 58.7 Å². The average Bonchev–Trinajstić information content (AvgIpc) is 3.25. The zero-order valence-electron chi connectivity index (χ0n) is 27.2. The molecule has 3 fully saturated rings. The number of fused-ring (bicyclic) bond motifs is 1. The number of hydrogen-bond donors (Lipinski definition) is 3. The van der Waals surface area contributed by atoms with Gasteiger partial charge in [-0.3, -0.25) is 9.69 Å². The summed E-state index contributed by atoms with van der Waals surface area (Å²) in [6, 6.07) is 11.2. The number of hydrogen-bond acceptors (Lipinski definition) is 6. The second-order valence-corrected chi connectivity index (χ2v) is 13.2. The molecule has 3 N–H and O–H groups in total. The number of para-hydroxylation sites is 1. The maximum Gasteiger partial charge on any atom is 0.322 e. The van der Waals surface area contributed by atoms with E-state index in [9.17, 15) is 19.5 Å². The molecule has 3 saturated heterocycles. The molecule has 4 heterocycles. The number of ether oxygens (including phenoxy) is 1. The SMILES string of the molecule is Cc1cc(C[C@@H](NC(=O)N2CCC(N3CCc4ccccc4NC3=O)CC2)C(=O)N2CCN(C3CCOCC3)CC2)cc(C)c1O. The highest BCUT2D eigenvalue weighted by Gasteiger charge is 2.35. The number of amides is 5. The number of aryl methyl sites for hydroxylation is 2. The molecule has 0 aromatic heterocycles. The highest BCUT2D eigenvalue weighted by molar-refractivity contribution is 5.91. The number of likely N-dealkylation sites (tertiary alicyclic amines) is 1. The first kappa shape index (κ1) is 32.1. The predicted molar refractivity (Wildman–Crippen MR) is 176 cm³/mol. The Bertz CT molecular complexity index is 1390. The number of anilines is 1. The van der Waals surface area contributed by atoms with E-state index in [1.807, 2.05) is 54.0 Å². The van der Waals surface area contributed by atoms with Gasteiger partial charge in [0.1, 0.15) is 11.8 Å². The third-order valence-corrected chi connectivity index (χ3v) is 10.3. The zero-order valence-corrected chi connectivity index (χ0v) is 27.2. The molecule has 4 aliphatic rings. The summed E-state index contributed by atoms with van der Waals surface area (Å²) in [5.74, 6) is 0.184. The Morgan fingerprint density at radius 2 is 1.59 bits per heavy atom. The first-order valence-electron chi connectivity index (χ1n) is 16.9. The van der Waals surface area contributed by atoms with Gasteiger partial charge in [-0.25, -0.2) is 9.59 Å². The molecule has 0 unspecified atom stereocenters. The summed E-state index contributed by atoms with van der Waals surface area (Å²) in [7, 11) is 0. The number of piperidine rings is 1. The minimum absolute atomic E-state index is 0.0470. The van der Waals surface area contributed by atoms with Crippen molar-refractivity contribution in [3.8, 4) is 5.75 Å². The molecule has 11 nitrogen and oxygen atoms in total. The number of nitrogens with zero attached hydrogens (tertiary/aromatic N) is 4. The average molecular weight is 633 g/mol. The second-order valence-electron chi connectivity index (χ2n) is 13.2. The van der Waals surface area contributed by atoms with Crippen LogP contribution in [0.5, 0.6) is 5.75 Å². The maximum absolute atomic E-state index is 14.0. The van der Waals surface area contributed by atoms with Gasteiger partial charge in [-0.15, -0.1) is 0 Å². The van der Waals surface area contributed by atoms with E-state index in [2.05, 4.69) is 21.6 Å². The van der Waals surface area contributed by atoms with Gasteiger partial charge in [-0.2, -0.15) is 0 Å². The van der Waals surface area contributed by atoms with E-state index in [4.69, 9.17) is 4.74 Å². The molecule has 46 heavy (non-hydrogen) atoms. The number of rotatable bonds is 6. The first-order chi connectivity index (χ1) is 22.3. The molecule has 5 amide bonds. The molecule has 11 heteroatoms. The van der Waals surface area contributed by atoms with Crippen molar-refractivity contribution < 1.29 is 24.2 Å². The van der Waals surface area contributed by atoms with Crippen LogP contribution in [0.2, 0.25) is 0 Å². The highest BCUT2D eigenvalue weighted by Crippen LogP contribution is 2.26. The van der Waals surface area contributed by atoms with Crippen LogP contribution in [-0.2, 0) is 22.4 Å². The van der Waals surface area contributed by atoms with Crippen molar-refractivity contribution in [2.24, 2.45) is 0 Å². The minimum Gasteiger partial charge on any atom is -0.507 e. The number of carbonyl (C=O) groups excluding carboxylic acids is 3. The molecule has 0 radical (unpaired) electrons. The van der Waals surface area contributed by atoms with Crippen LogP contribution in [0.1, 0.15) is 47.9 Å².